The summed E-state index contributed by atoms with van der Waals surface area (Å²) in [6.07, 6.45) is 2.37. The molecule has 0 atom stereocenters. The summed E-state index contributed by atoms with van der Waals surface area (Å²) in [6, 6.07) is 9.22. The summed E-state index contributed by atoms with van der Waals surface area (Å²) in [5, 5.41) is 2.78. The maximum atomic E-state index is 11.6. The second-order valence-corrected chi connectivity index (χ2v) is 6.50. The SMILES string of the molecule is O=C(CCCCCOP([O-])([O-])=S)Nc1ccccc1.[K+].[K+]. The predicted molar refractivity (Wildman–Crippen MR) is 73.8 cm³/mol. The van der Waals surface area contributed by atoms with Gasteiger partial charge >= 0.3 is 103 Å². The minimum absolute atomic E-state index is 0. The van der Waals surface area contributed by atoms with Gasteiger partial charge in [0.25, 0.3) is 0 Å². The number of benzene rings is 1. The zero-order chi connectivity index (χ0) is 14.1. The van der Waals surface area contributed by atoms with E-state index in [1.165, 1.54) is 0 Å². The third-order valence-electron chi connectivity index (χ3n) is 2.36. The molecule has 1 aromatic carbocycles. The predicted octanol–water partition coefficient (Wildman–Crippen LogP) is -4.84. The van der Waals surface area contributed by atoms with Crippen LogP contribution < -0.4 is 118 Å². The Balaban J connectivity index is 0. The number of carbonyl (C=O) groups is 1. The average Bonchev–Trinajstić information content (AvgIpc) is 2.33. The van der Waals surface area contributed by atoms with E-state index in [2.05, 4.69) is 21.6 Å². The van der Waals surface area contributed by atoms with E-state index < -0.39 is 6.72 Å². The molecule has 0 saturated heterocycles. The Hall–Kier alpha value is 2.49. The molecule has 0 heterocycles. The maximum Gasteiger partial charge on any atom is 1.00 e. The molecule has 0 aliphatic heterocycles. The van der Waals surface area contributed by atoms with Crippen molar-refractivity contribution in [3.63, 3.8) is 0 Å². The van der Waals surface area contributed by atoms with Crippen LogP contribution in [-0.4, -0.2) is 12.5 Å². The Morgan fingerprint density at radius 3 is 2.33 bits per heavy atom. The van der Waals surface area contributed by atoms with E-state index in [4.69, 9.17) is 0 Å². The number of rotatable bonds is 8. The number of anilines is 1. The van der Waals surface area contributed by atoms with Crippen LogP contribution in [0.4, 0.5) is 5.69 Å². The molecule has 106 valence electrons. The molecule has 0 aliphatic carbocycles. The van der Waals surface area contributed by atoms with Gasteiger partial charge in [0.1, 0.15) is 0 Å². The van der Waals surface area contributed by atoms with E-state index in [-0.39, 0.29) is 115 Å². The summed E-state index contributed by atoms with van der Waals surface area (Å²) in [7, 11) is 0. The van der Waals surface area contributed by atoms with Crippen LogP contribution >= 0.6 is 6.72 Å². The first-order valence-corrected chi connectivity index (χ1v) is 8.54. The molecule has 0 fully saturated rings. The van der Waals surface area contributed by atoms with Crippen molar-refractivity contribution in [2.45, 2.75) is 25.7 Å². The number of carbonyl (C=O) groups excluding carboxylic acids is 1. The van der Waals surface area contributed by atoms with Gasteiger partial charge < -0.3 is 19.6 Å². The number of amides is 1. The van der Waals surface area contributed by atoms with Gasteiger partial charge in [-0.15, -0.1) is 11.8 Å². The van der Waals surface area contributed by atoms with Gasteiger partial charge in [0, 0.05) is 18.7 Å². The van der Waals surface area contributed by atoms with Gasteiger partial charge in [0.2, 0.25) is 5.91 Å². The first-order chi connectivity index (χ1) is 8.97. The molecule has 21 heavy (non-hydrogen) atoms. The molecule has 0 saturated carbocycles. The molecule has 1 amide bonds. The zero-order valence-corrected chi connectivity index (χ0v) is 20.4. The first kappa shape index (κ1) is 25.7. The molecule has 5 nitrogen and oxygen atoms in total. The molecule has 0 unspecified atom stereocenters. The smallest absolute Gasteiger partial charge is 0.812 e. The third-order valence-corrected chi connectivity index (χ3v) is 3.17. The Morgan fingerprint density at radius 1 is 1.14 bits per heavy atom. The van der Waals surface area contributed by atoms with E-state index >= 15 is 0 Å². The van der Waals surface area contributed by atoms with Gasteiger partial charge in [-0.1, -0.05) is 31.3 Å². The second kappa shape index (κ2) is 14.8. The van der Waals surface area contributed by atoms with Crippen LogP contribution in [0.2, 0.25) is 0 Å². The van der Waals surface area contributed by atoms with Crippen molar-refractivity contribution in [3.05, 3.63) is 30.3 Å². The average molecular weight is 380 g/mol. The molecule has 0 spiro atoms. The quantitative estimate of drug-likeness (QED) is 0.278. The molecular weight excluding hydrogens is 363 g/mol. The minimum Gasteiger partial charge on any atom is -0.812 e. The van der Waals surface area contributed by atoms with Crippen molar-refractivity contribution >= 4 is 30.1 Å². The van der Waals surface area contributed by atoms with Crippen molar-refractivity contribution in [1.29, 1.82) is 0 Å². The number of nitrogens with one attached hydrogen (secondary N) is 1. The van der Waals surface area contributed by atoms with Gasteiger partial charge in [0.15, 0.2) is 0 Å². The van der Waals surface area contributed by atoms with Gasteiger partial charge in [-0.3, -0.25) is 4.79 Å². The molecule has 1 rings (SSSR count). The first-order valence-electron chi connectivity index (χ1n) is 5.99. The molecular formula is C12H16K2NO4PS. The van der Waals surface area contributed by atoms with Crippen molar-refractivity contribution in [3.8, 4) is 0 Å². The van der Waals surface area contributed by atoms with Crippen molar-refractivity contribution in [2.24, 2.45) is 0 Å². The fourth-order valence-corrected chi connectivity index (χ4v) is 2.06. The topological polar surface area (TPSA) is 84.5 Å². The summed E-state index contributed by atoms with van der Waals surface area (Å²) < 4.78 is 4.45. The molecule has 0 bridgehead atoms. The number of unbranched alkanes of at least 4 members (excludes halogenated alkanes) is 2. The Morgan fingerprint density at radius 2 is 1.76 bits per heavy atom. The normalized spacial score (nSPS) is 10.2. The monoisotopic (exact) mass is 379 g/mol. The summed E-state index contributed by atoms with van der Waals surface area (Å²) in [6.45, 7) is -3.94. The molecule has 0 radical (unpaired) electrons. The molecule has 0 aliphatic rings. The maximum absolute atomic E-state index is 11.6. The summed E-state index contributed by atoms with van der Waals surface area (Å²) in [5.74, 6) is -0.0510. The number of para-hydroxylation sites is 1. The largest absolute Gasteiger partial charge is 1.00 e. The van der Waals surface area contributed by atoms with E-state index in [1.807, 2.05) is 30.3 Å². The van der Waals surface area contributed by atoms with E-state index in [0.29, 0.717) is 19.3 Å². The van der Waals surface area contributed by atoms with E-state index in [9.17, 15) is 14.6 Å². The molecule has 1 aromatic rings. The summed E-state index contributed by atoms with van der Waals surface area (Å²) in [4.78, 5) is 32.6. The third kappa shape index (κ3) is 15.7. The van der Waals surface area contributed by atoms with Crippen LogP contribution in [0.3, 0.4) is 0 Å². The van der Waals surface area contributed by atoms with Crippen LogP contribution in [0.1, 0.15) is 25.7 Å². The van der Waals surface area contributed by atoms with Gasteiger partial charge in [-0.05, 0) is 25.0 Å². The fourth-order valence-electron chi connectivity index (χ4n) is 1.49. The van der Waals surface area contributed by atoms with Crippen LogP contribution in [0, 0.1) is 0 Å². The summed E-state index contributed by atoms with van der Waals surface area (Å²) in [5.41, 5.74) is 0.772. The Kier molecular flexibility index (Phi) is 18.1. The minimum atomic E-state index is -4.03. The van der Waals surface area contributed by atoms with Gasteiger partial charge in [-0.25, -0.2) is 0 Å². The molecule has 0 aromatic heterocycles. The van der Waals surface area contributed by atoms with Crippen LogP contribution in [0.5, 0.6) is 0 Å². The Bertz CT molecular complexity index is 444. The number of hydrogen-bond donors (Lipinski definition) is 1. The van der Waals surface area contributed by atoms with Crippen LogP contribution in [0.15, 0.2) is 30.3 Å². The van der Waals surface area contributed by atoms with Gasteiger partial charge in [-0.2, -0.15) is 0 Å². The number of hydrogen-bond acceptors (Lipinski definition) is 5. The van der Waals surface area contributed by atoms with Crippen molar-refractivity contribution in [1.82, 2.24) is 0 Å². The fraction of sp³-hybridized carbons (Fsp3) is 0.417. The second-order valence-electron chi connectivity index (χ2n) is 4.01. The van der Waals surface area contributed by atoms with Crippen LogP contribution in [0.25, 0.3) is 0 Å². The Labute approximate surface area is 215 Å². The van der Waals surface area contributed by atoms with E-state index in [1.54, 1.807) is 0 Å². The zero-order valence-electron chi connectivity index (χ0n) is 12.4. The van der Waals surface area contributed by atoms with E-state index in [0.717, 1.165) is 12.1 Å². The van der Waals surface area contributed by atoms with Crippen molar-refractivity contribution < 1.29 is 122 Å². The van der Waals surface area contributed by atoms with Crippen LogP contribution in [-0.2, 0) is 21.1 Å². The summed E-state index contributed by atoms with van der Waals surface area (Å²) >= 11 is 4.09. The molecule has 1 N–H and O–H groups in total. The molecule has 9 heteroatoms. The van der Waals surface area contributed by atoms with Crippen molar-refractivity contribution in [2.75, 3.05) is 11.9 Å². The standard InChI is InChI=1S/C12H18NO4PS.2K/c14-12(13-11-7-3-1-4-8-11)9-5-2-6-10-17-18(15,16)19;;/h1,3-4,7-8H,2,5-6,9-10H2,(H,13,14)(H2,15,16,19);;/q;2*+1/p-2. The van der Waals surface area contributed by atoms with Gasteiger partial charge in [0.05, 0.1) is 0 Å².